The Morgan fingerprint density at radius 3 is 2.81 bits per heavy atom. The van der Waals surface area contributed by atoms with Crippen LogP contribution in [0.5, 0.6) is 0 Å². The number of benzene rings is 1. The molecule has 21 heavy (non-hydrogen) atoms. The highest BCUT2D eigenvalue weighted by molar-refractivity contribution is 8.77. The van der Waals surface area contributed by atoms with Crippen LogP contribution in [-0.4, -0.2) is 28.6 Å². The zero-order chi connectivity index (χ0) is 14.9. The number of carbonyl (C=O) groups excluding carboxylic acids is 1. The van der Waals surface area contributed by atoms with Crippen LogP contribution in [0.4, 0.5) is 0 Å². The van der Waals surface area contributed by atoms with E-state index < -0.39 is 0 Å². The number of nitrogens with one attached hydrogen (secondary N) is 1. The molecule has 0 radical (unpaired) electrons. The molecule has 2 atom stereocenters. The molecule has 0 spiro atoms. The van der Waals surface area contributed by atoms with Crippen molar-refractivity contribution in [2.24, 2.45) is 0 Å². The normalized spacial score (nSPS) is 19.4. The van der Waals surface area contributed by atoms with Crippen molar-refractivity contribution in [2.45, 2.75) is 43.4 Å². The topological polar surface area (TPSA) is 49.3 Å². The van der Waals surface area contributed by atoms with E-state index >= 15 is 0 Å². The summed E-state index contributed by atoms with van der Waals surface area (Å²) in [5.74, 6) is 1.30. The first kappa shape index (κ1) is 16.7. The summed E-state index contributed by atoms with van der Waals surface area (Å²) in [6.45, 7) is -0.0638. The minimum Gasteiger partial charge on any atom is -0.394 e. The van der Waals surface area contributed by atoms with Gasteiger partial charge in [-0.3, -0.25) is 4.79 Å². The van der Waals surface area contributed by atoms with E-state index in [4.69, 9.17) is 0 Å². The van der Waals surface area contributed by atoms with Crippen LogP contribution in [0.2, 0.25) is 0 Å². The highest BCUT2D eigenvalue weighted by Gasteiger charge is 2.16. The number of unbranched alkanes of at least 4 members (excludes halogenated alkanes) is 1. The zero-order valence-electron chi connectivity index (χ0n) is 12.2. The number of aliphatic hydroxyl groups excluding tert-OH is 1. The largest absolute Gasteiger partial charge is 0.394 e. The van der Waals surface area contributed by atoms with Crippen molar-refractivity contribution >= 4 is 27.5 Å². The lowest BCUT2D eigenvalue weighted by molar-refractivity contribution is -0.122. The van der Waals surface area contributed by atoms with Crippen LogP contribution in [0.15, 0.2) is 30.3 Å². The fraction of sp³-hybridized carbons (Fsp3) is 0.562. The average molecular weight is 325 g/mol. The van der Waals surface area contributed by atoms with Crippen molar-refractivity contribution < 1.29 is 9.90 Å². The van der Waals surface area contributed by atoms with Gasteiger partial charge in [0.1, 0.15) is 0 Å². The first-order chi connectivity index (χ1) is 10.3. The van der Waals surface area contributed by atoms with E-state index in [-0.39, 0.29) is 18.6 Å². The molecule has 0 aromatic heterocycles. The van der Waals surface area contributed by atoms with E-state index in [1.165, 1.54) is 18.6 Å². The van der Waals surface area contributed by atoms with Crippen LogP contribution < -0.4 is 5.32 Å². The molecule has 1 saturated heterocycles. The second kappa shape index (κ2) is 9.38. The molecule has 116 valence electrons. The second-order valence-corrected chi connectivity index (χ2v) is 8.08. The van der Waals surface area contributed by atoms with Gasteiger partial charge in [-0.2, -0.15) is 0 Å². The van der Waals surface area contributed by atoms with E-state index in [2.05, 4.69) is 5.32 Å². The fourth-order valence-corrected chi connectivity index (χ4v) is 5.44. The Hall–Kier alpha value is -0.650. The fourth-order valence-electron chi connectivity index (χ4n) is 2.41. The Bertz CT molecular complexity index is 422. The lowest BCUT2D eigenvalue weighted by Gasteiger charge is -2.16. The van der Waals surface area contributed by atoms with Gasteiger partial charge in [0.25, 0.3) is 0 Å². The second-order valence-electron chi connectivity index (χ2n) is 5.29. The van der Waals surface area contributed by atoms with Crippen LogP contribution in [-0.2, 0) is 4.79 Å². The minimum absolute atomic E-state index is 0.0337. The van der Waals surface area contributed by atoms with E-state index in [9.17, 15) is 9.90 Å². The Balaban J connectivity index is 1.65. The number of hydrogen-bond donors (Lipinski definition) is 2. The maximum Gasteiger partial charge on any atom is 0.220 e. The van der Waals surface area contributed by atoms with Crippen LogP contribution in [0.25, 0.3) is 0 Å². The summed E-state index contributed by atoms with van der Waals surface area (Å²) in [6, 6.07) is 9.33. The van der Waals surface area contributed by atoms with Gasteiger partial charge in [0.2, 0.25) is 5.91 Å². The molecule has 1 amide bonds. The van der Waals surface area contributed by atoms with Gasteiger partial charge in [-0.1, -0.05) is 58.3 Å². The number of amides is 1. The molecule has 0 aliphatic carbocycles. The molecule has 1 aliphatic heterocycles. The molecule has 1 aromatic rings. The highest BCUT2D eigenvalue weighted by Crippen LogP contribution is 2.39. The molecule has 1 heterocycles. The highest BCUT2D eigenvalue weighted by atomic mass is 33.1. The predicted molar refractivity (Wildman–Crippen MR) is 91.3 cm³/mol. The van der Waals surface area contributed by atoms with Crippen LogP contribution in [0.3, 0.4) is 0 Å². The molecular weight excluding hydrogens is 302 g/mol. The molecule has 3 nitrogen and oxygen atoms in total. The van der Waals surface area contributed by atoms with Crippen LogP contribution in [0, 0.1) is 0 Å². The van der Waals surface area contributed by atoms with Gasteiger partial charge in [-0.15, -0.1) is 0 Å². The molecule has 2 rings (SSSR count). The van der Waals surface area contributed by atoms with Crippen LogP contribution >= 0.6 is 21.6 Å². The number of rotatable bonds is 8. The van der Waals surface area contributed by atoms with Crippen LogP contribution in [0.1, 0.15) is 43.7 Å². The van der Waals surface area contributed by atoms with E-state index in [0.717, 1.165) is 23.7 Å². The van der Waals surface area contributed by atoms with Gasteiger partial charge in [0, 0.05) is 17.4 Å². The summed E-state index contributed by atoms with van der Waals surface area (Å²) in [5.41, 5.74) is 0.952. The first-order valence-electron chi connectivity index (χ1n) is 7.53. The maximum absolute atomic E-state index is 12.0. The summed E-state index contributed by atoms with van der Waals surface area (Å²) < 4.78 is 0. The van der Waals surface area contributed by atoms with Gasteiger partial charge in [-0.05, 0) is 24.8 Å². The third-order valence-corrected chi connectivity index (χ3v) is 6.63. The third-order valence-electron chi connectivity index (χ3n) is 3.63. The smallest absolute Gasteiger partial charge is 0.220 e. The van der Waals surface area contributed by atoms with Gasteiger partial charge in [0.15, 0.2) is 0 Å². The van der Waals surface area contributed by atoms with Crippen molar-refractivity contribution in [1.82, 2.24) is 5.32 Å². The SMILES string of the molecule is O=C(CCCCC1CCSS1)N[C@H](CO)c1ccccc1. The Morgan fingerprint density at radius 2 is 2.14 bits per heavy atom. The minimum atomic E-state index is -0.291. The quantitative estimate of drug-likeness (QED) is 0.567. The summed E-state index contributed by atoms with van der Waals surface area (Å²) >= 11 is 0. The Labute approximate surface area is 134 Å². The van der Waals surface area contributed by atoms with E-state index in [0.29, 0.717) is 6.42 Å². The molecule has 1 aromatic carbocycles. The van der Waals surface area contributed by atoms with Gasteiger partial charge in [-0.25, -0.2) is 0 Å². The van der Waals surface area contributed by atoms with E-state index in [1.807, 2.05) is 51.9 Å². The Morgan fingerprint density at radius 1 is 1.33 bits per heavy atom. The van der Waals surface area contributed by atoms with Gasteiger partial charge < -0.3 is 10.4 Å². The number of carbonyl (C=O) groups is 1. The number of aliphatic hydroxyl groups is 1. The van der Waals surface area contributed by atoms with Gasteiger partial charge >= 0.3 is 0 Å². The molecule has 0 saturated carbocycles. The van der Waals surface area contributed by atoms with E-state index in [1.54, 1.807) is 0 Å². The molecule has 2 N–H and O–H groups in total. The maximum atomic E-state index is 12.0. The molecular formula is C16H23NO2S2. The lowest BCUT2D eigenvalue weighted by Crippen LogP contribution is -2.30. The standard InChI is InChI=1S/C16H23NO2S2/c18-12-15(13-6-2-1-3-7-13)17-16(19)9-5-4-8-14-10-11-20-21-14/h1-3,6-7,14-15,18H,4-5,8-12H2,(H,17,19)/t14?,15-/m1/s1. The molecule has 1 fully saturated rings. The van der Waals surface area contributed by atoms with Crippen molar-refractivity contribution in [3.05, 3.63) is 35.9 Å². The lowest BCUT2D eigenvalue weighted by atomic mass is 10.1. The summed E-state index contributed by atoms with van der Waals surface area (Å²) in [6.07, 6.45) is 5.12. The van der Waals surface area contributed by atoms with Crippen molar-refractivity contribution in [2.75, 3.05) is 12.4 Å². The monoisotopic (exact) mass is 325 g/mol. The first-order valence-corrected chi connectivity index (χ1v) is 9.91. The average Bonchev–Trinajstić information content (AvgIpc) is 3.03. The molecule has 1 unspecified atom stereocenters. The third kappa shape index (κ3) is 5.93. The summed E-state index contributed by atoms with van der Waals surface area (Å²) in [7, 11) is 3.96. The summed E-state index contributed by atoms with van der Waals surface area (Å²) in [5, 5.41) is 13.1. The van der Waals surface area contributed by atoms with Crippen molar-refractivity contribution in [1.29, 1.82) is 0 Å². The van der Waals surface area contributed by atoms with Crippen molar-refractivity contribution in [3.8, 4) is 0 Å². The summed E-state index contributed by atoms with van der Waals surface area (Å²) in [4.78, 5) is 12.0. The molecule has 1 aliphatic rings. The predicted octanol–water partition coefficient (Wildman–Crippen LogP) is 3.55. The Kier molecular flexibility index (Phi) is 7.47. The molecule has 5 heteroatoms. The van der Waals surface area contributed by atoms with Gasteiger partial charge in [0.05, 0.1) is 12.6 Å². The van der Waals surface area contributed by atoms with Crippen molar-refractivity contribution in [3.63, 3.8) is 0 Å². The number of hydrogen-bond acceptors (Lipinski definition) is 4. The zero-order valence-corrected chi connectivity index (χ0v) is 13.8. The molecule has 0 bridgehead atoms.